The van der Waals surface area contributed by atoms with Gasteiger partial charge in [0, 0.05) is 41.2 Å². The Morgan fingerprint density at radius 2 is 2.03 bits per heavy atom. The number of anilines is 1. The van der Waals surface area contributed by atoms with Gasteiger partial charge in [-0.15, -0.1) is 0 Å². The molecule has 1 aliphatic rings. The Balaban J connectivity index is 1.38. The predicted molar refractivity (Wildman–Crippen MR) is 105 cm³/mol. The SMILES string of the molecule is O=C(Cc1coc2cc(O)ccc12)OCC(=O)c1cccc(N2CCCC2=O)c1. The Kier molecular flexibility index (Phi) is 5.03. The Bertz CT molecular complexity index is 1100. The molecule has 0 radical (unpaired) electrons. The molecule has 3 aromatic rings. The number of hydrogen-bond donors (Lipinski definition) is 1. The van der Waals surface area contributed by atoms with Crippen LogP contribution in [-0.2, 0) is 20.7 Å². The Hall–Kier alpha value is -3.61. The van der Waals surface area contributed by atoms with Crippen LogP contribution in [0.4, 0.5) is 5.69 Å². The van der Waals surface area contributed by atoms with Crippen LogP contribution in [0.15, 0.2) is 53.1 Å². The summed E-state index contributed by atoms with van der Waals surface area (Å²) in [6.45, 7) is 0.259. The third kappa shape index (κ3) is 3.99. The molecule has 7 nitrogen and oxygen atoms in total. The molecule has 2 heterocycles. The number of phenolic OH excluding ortho intramolecular Hbond substituents is 1. The number of aromatic hydroxyl groups is 1. The van der Waals surface area contributed by atoms with Crippen molar-refractivity contribution in [1.82, 2.24) is 0 Å². The number of ether oxygens (including phenoxy) is 1. The van der Waals surface area contributed by atoms with Gasteiger partial charge in [0.1, 0.15) is 11.3 Å². The second-order valence-corrected chi connectivity index (χ2v) is 6.90. The van der Waals surface area contributed by atoms with E-state index in [1.807, 2.05) is 0 Å². The fourth-order valence-electron chi connectivity index (χ4n) is 3.41. The molecular formula is C22H19NO6. The van der Waals surface area contributed by atoms with Gasteiger partial charge in [-0.3, -0.25) is 14.4 Å². The minimum absolute atomic E-state index is 0.0432. The summed E-state index contributed by atoms with van der Waals surface area (Å²) in [6, 6.07) is 11.4. The lowest BCUT2D eigenvalue weighted by Crippen LogP contribution is -2.24. The average Bonchev–Trinajstić information content (AvgIpc) is 3.32. The van der Waals surface area contributed by atoms with Crippen LogP contribution in [0.2, 0.25) is 0 Å². The highest BCUT2D eigenvalue weighted by Gasteiger charge is 2.22. The fourth-order valence-corrected chi connectivity index (χ4v) is 3.41. The molecule has 148 valence electrons. The van der Waals surface area contributed by atoms with Crippen molar-refractivity contribution in [3.05, 3.63) is 59.9 Å². The largest absolute Gasteiger partial charge is 0.508 e. The van der Waals surface area contributed by atoms with Gasteiger partial charge in [0.15, 0.2) is 12.4 Å². The summed E-state index contributed by atoms with van der Waals surface area (Å²) in [5.74, 6) is -0.778. The van der Waals surface area contributed by atoms with Gasteiger partial charge in [0.25, 0.3) is 0 Å². The number of benzene rings is 2. The van der Waals surface area contributed by atoms with Crippen molar-refractivity contribution in [2.75, 3.05) is 18.1 Å². The Labute approximate surface area is 166 Å². The zero-order valence-electron chi connectivity index (χ0n) is 15.6. The van der Waals surface area contributed by atoms with E-state index in [2.05, 4.69) is 0 Å². The predicted octanol–water partition coefficient (Wildman–Crippen LogP) is 3.23. The molecule has 1 N–H and O–H groups in total. The zero-order chi connectivity index (χ0) is 20.4. The van der Waals surface area contributed by atoms with Gasteiger partial charge in [0.2, 0.25) is 5.91 Å². The molecule has 0 aliphatic carbocycles. The zero-order valence-corrected chi connectivity index (χ0v) is 15.6. The maximum atomic E-state index is 12.4. The first-order valence-corrected chi connectivity index (χ1v) is 9.29. The molecule has 0 spiro atoms. The van der Waals surface area contributed by atoms with Gasteiger partial charge in [-0.2, -0.15) is 0 Å². The van der Waals surface area contributed by atoms with Gasteiger partial charge < -0.3 is 19.2 Å². The topological polar surface area (TPSA) is 97.1 Å². The quantitative estimate of drug-likeness (QED) is 0.510. The van der Waals surface area contributed by atoms with E-state index in [4.69, 9.17) is 9.15 Å². The maximum absolute atomic E-state index is 12.4. The number of furan rings is 1. The number of hydrogen-bond acceptors (Lipinski definition) is 6. The van der Waals surface area contributed by atoms with E-state index in [1.54, 1.807) is 35.2 Å². The monoisotopic (exact) mass is 393 g/mol. The molecule has 1 amide bonds. The maximum Gasteiger partial charge on any atom is 0.310 e. The van der Waals surface area contributed by atoms with Crippen LogP contribution in [0, 0.1) is 0 Å². The third-order valence-corrected chi connectivity index (χ3v) is 4.89. The Morgan fingerprint density at radius 1 is 1.17 bits per heavy atom. The number of fused-ring (bicyclic) bond motifs is 1. The Morgan fingerprint density at radius 3 is 2.83 bits per heavy atom. The van der Waals surface area contributed by atoms with Crippen LogP contribution in [0.25, 0.3) is 11.0 Å². The van der Waals surface area contributed by atoms with E-state index in [0.29, 0.717) is 40.7 Å². The molecule has 1 saturated heterocycles. The molecular weight excluding hydrogens is 374 g/mol. The number of esters is 1. The molecule has 4 rings (SSSR count). The summed E-state index contributed by atoms with van der Waals surface area (Å²) >= 11 is 0. The number of carbonyl (C=O) groups is 3. The number of nitrogens with zero attached hydrogens (tertiary/aromatic N) is 1. The molecule has 7 heteroatoms. The van der Waals surface area contributed by atoms with Gasteiger partial charge in [-0.1, -0.05) is 12.1 Å². The smallest absolute Gasteiger partial charge is 0.310 e. The number of Topliss-reactive ketones (excluding diaryl/α,β-unsaturated/α-hetero) is 1. The lowest BCUT2D eigenvalue weighted by atomic mass is 10.1. The van der Waals surface area contributed by atoms with Crippen LogP contribution in [0.5, 0.6) is 5.75 Å². The highest BCUT2D eigenvalue weighted by Crippen LogP contribution is 2.26. The van der Waals surface area contributed by atoms with Crippen molar-refractivity contribution < 1.29 is 28.6 Å². The molecule has 2 aromatic carbocycles. The van der Waals surface area contributed by atoms with Crippen molar-refractivity contribution in [1.29, 1.82) is 0 Å². The first-order valence-electron chi connectivity index (χ1n) is 9.29. The fraction of sp³-hybridized carbons (Fsp3) is 0.227. The number of carbonyl (C=O) groups excluding carboxylic acids is 3. The average molecular weight is 393 g/mol. The second kappa shape index (κ2) is 7.79. The summed E-state index contributed by atoms with van der Waals surface area (Å²) < 4.78 is 10.5. The normalized spacial score (nSPS) is 13.8. The summed E-state index contributed by atoms with van der Waals surface area (Å²) in [5, 5.41) is 10.2. The number of rotatable bonds is 6. The van der Waals surface area contributed by atoms with E-state index < -0.39 is 5.97 Å². The van der Waals surface area contributed by atoms with Crippen molar-refractivity contribution in [3.63, 3.8) is 0 Å². The van der Waals surface area contributed by atoms with E-state index in [0.717, 1.165) is 6.42 Å². The van der Waals surface area contributed by atoms with Gasteiger partial charge in [-0.25, -0.2) is 0 Å². The molecule has 0 atom stereocenters. The first-order chi connectivity index (χ1) is 14.0. The third-order valence-electron chi connectivity index (χ3n) is 4.89. The van der Waals surface area contributed by atoms with Crippen molar-refractivity contribution in [2.45, 2.75) is 19.3 Å². The van der Waals surface area contributed by atoms with Crippen LogP contribution >= 0.6 is 0 Å². The van der Waals surface area contributed by atoms with Gasteiger partial charge >= 0.3 is 5.97 Å². The standard InChI is InChI=1S/C22H19NO6/c24-17-6-7-18-15(12-28-20(18)11-17)10-22(27)29-13-19(25)14-3-1-4-16(9-14)23-8-2-5-21(23)26/h1,3-4,6-7,9,11-12,24H,2,5,8,10,13H2. The highest BCUT2D eigenvalue weighted by atomic mass is 16.5. The molecule has 29 heavy (non-hydrogen) atoms. The molecule has 1 fully saturated rings. The van der Waals surface area contributed by atoms with Crippen LogP contribution < -0.4 is 4.90 Å². The number of ketones is 1. The van der Waals surface area contributed by atoms with Crippen molar-refractivity contribution in [2.24, 2.45) is 0 Å². The van der Waals surface area contributed by atoms with Crippen molar-refractivity contribution in [3.8, 4) is 5.75 Å². The van der Waals surface area contributed by atoms with Crippen LogP contribution in [-0.4, -0.2) is 35.9 Å². The van der Waals surface area contributed by atoms with E-state index in [9.17, 15) is 19.5 Å². The molecule has 1 aliphatic heterocycles. The minimum atomic E-state index is -0.556. The lowest BCUT2D eigenvalue weighted by Gasteiger charge is -2.16. The van der Waals surface area contributed by atoms with Crippen molar-refractivity contribution >= 4 is 34.3 Å². The summed E-state index contributed by atoms with van der Waals surface area (Å²) in [7, 11) is 0. The van der Waals surface area contributed by atoms with E-state index in [1.165, 1.54) is 18.4 Å². The number of phenols is 1. The highest BCUT2D eigenvalue weighted by molar-refractivity contribution is 6.01. The summed E-state index contributed by atoms with van der Waals surface area (Å²) in [6.07, 6.45) is 2.70. The van der Waals surface area contributed by atoms with Gasteiger partial charge in [-0.05, 0) is 30.7 Å². The number of amides is 1. The summed E-state index contributed by atoms with van der Waals surface area (Å²) in [4.78, 5) is 38.1. The van der Waals surface area contributed by atoms with E-state index >= 15 is 0 Å². The molecule has 0 saturated carbocycles. The van der Waals surface area contributed by atoms with Gasteiger partial charge in [0.05, 0.1) is 12.7 Å². The molecule has 0 unspecified atom stereocenters. The van der Waals surface area contributed by atoms with E-state index in [-0.39, 0.29) is 30.5 Å². The molecule has 1 aromatic heterocycles. The lowest BCUT2D eigenvalue weighted by molar-refractivity contribution is -0.141. The van der Waals surface area contributed by atoms with Crippen LogP contribution in [0.3, 0.4) is 0 Å². The molecule has 0 bridgehead atoms. The van der Waals surface area contributed by atoms with Crippen LogP contribution in [0.1, 0.15) is 28.8 Å². The second-order valence-electron chi connectivity index (χ2n) is 6.90. The minimum Gasteiger partial charge on any atom is -0.508 e. The first kappa shape index (κ1) is 18.7. The summed E-state index contributed by atoms with van der Waals surface area (Å²) in [5.41, 5.74) is 2.15.